The van der Waals surface area contributed by atoms with E-state index in [0.29, 0.717) is 6.54 Å². The molecule has 0 radical (unpaired) electrons. The standard InChI is InChI=1S/C11H19N5O/c1-9-2-5-16(6-3-9)7-4-12-11(17)10-13-8-14-15-10/h8-9H,2-7H2,1H3,(H,12,17)(H,13,14,15). The van der Waals surface area contributed by atoms with Crippen LogP contribution < -0.4 is 5.32 Å². The molecule has 2 heterocycles. The Morgan fingerprint density at radius 3 is 3.00 bits per heavy atom. The minimum Gasteiger partial charge on any atom is -0.348 e. The van der Waals surface area contributed by atoms with Crippen molar-refractivity contribution in [2.75, 3.05) is 26.2 Å². The molecular formula is C11H19N5O. The molecule has 1 aromatic rings. The predicted molar refractivity (Wildman–Crippen MR) is 63.6 cm³/mol. The van der Waals surface area contributed by atoms with Gasteiger partial charge in [-0.2, -0.15) is 5.10 Å². The number of rotatable bonds is 4. The summed E-state index contributed by atoms with van der Waals surface area (Å²) in [5.41, 5.74) is 0. The summed E-state index contributed by atoms with van der Waals surface area (Å²) in [7, 11) is 0. The number of nitrogens with one attached hydrogen (secondary N) is 2. The lowest BCUT2D eigenvalue weighted by atomic mass is 9.99. The number of aromatic nitrogens is 3. The zero-order valence-electron chi connectivity index (χ0n) is 10.1. The molecule has 0 spiro atoms. The smallest absolute Gasteiger partial charge is 0.288 e. The predicted octanol–water partition coefficient (Wildman–Crippen LogP) is 0.266. The van der Waals surface area contributed by atoms with Crippen molar-refractivity contribution in [3.63, 3.8) is 0 Å². The molecule has 0 bridgehead atoms. The van der Waals surface area contributed by atoms with Gasteiger partial charge in [-0.15, -0.1) is 0 Å². The first kappa shape index (κ1) is 12.0. The van der Waals surface area contributed by atoms with E-state index in [1.54, 1.807) is 0 Å². The quantitative estimate of drug-likeness (QED) is 0.788. The van der Waals surface area contributed by atoms with Crippen LogP contribution in [0.4, 0.5) is 0 Å². The van der Waals surface area contributed by atoms with Crippen LogP contribution in [0.25, 0.3) is 0 Å². The van der Waals surface area contributed by atoms with Crippen molar-refractivity contribution >= 4 is 5.91 Å². The first-order chi connectivity index (χ1) is 8.25. The van der Waals surface area contributed by atoms with Crippen LogP contribution in [0.2, 0.25) is 0 Å². The van der Waals surface area contributed by atoms with Crippen LogP contribution in [-0.4, -0.2) is 52.2 Å². The molecular weight excluding hydrogens is 218 g/mol. The molecule has 0 aliphatic carbocycles. The Hall–Kier alpha value is -1.43. The number of likely N-dealkylation sites (tertiary alicyclic amines) is 1. The second-order valence-corrected chi connectivity index (χ2v) is 4.61. The molecule has 2 rings (SSSR count). The van der Waals surface area contributed by atoms with E-state index in [9.17, 15) is 4.79 Å². The summed E-state index contributed by atoms with van der Waals surface area (Å²) < 4.78 is 0. The van der Waals surface area contributed by atoms with Crippen molar-refractivity contribution in [2.24, 2.45) is 5.92 Å². The van der Waals surface area contributed by atoms with E-state index >= 15 is 0 Å². The van der Waals surface area contributed by atoms with Crippen molar-refractivity contribution in [3.8, 4) is 0 Å². The van der Waals surface area contributed by atoms with E-state index in [-0.39, 0.29) is 11.7 Å². The number of H-pyrrole nitrogens is 1. The Labute approximate surface area is 101 Å². The summed E-state index contributed by atoms with van der Waals surface area (Å²) in [5.74, 6) is 0.931. The molecule has 1 aliphatic rings. The topological polar surface area (TPSA) is 73.9 Å². The minimum absolute atomic E-state index is 0.187. The fraction of sp³-hybridized carbons (Fsp3) is 0.727. The van der Waals surface area contributed by atoms with Gasteiger partial charge in [0.1, 0.15) is 6.33 Å². The molecule has 6 nitrogen and oxygen atoms in total. The molecule has 0 atom stereocenters. The number of carbonyl (C=O) groups excluding carboxylic acids is 1. The number of nitrogens with zero attached hydrogens (tertiary/aromatic N) is 3. The Morgan fingerprint density at radius 2 is 2.35 bits per heavy atom. The van der Waals surface area contributed by atoms with Crippen molar-refractivity contribution < 1.29 is 4.79 Å². The fourth-order valence-corrected chi connectivity index (χ4v) is 2.01. The molecule has 1 fully saturated rings. The monoisotopic (exact) mass is 237 g/mol. The fourth-order valence-electron chi connectivity index (χ4n) is 2.01. The van der Waals surface area contributed by atoms with Crippen LogP contribution in [0.5, 0.6) is 0 Å². The highest BCUT2D eigenvalue weighted by Gasteiger charge is 2.15. The van der Waals surface area contributed by atoms with E-state index in [1.165, 1.54) is 19.2 Å². The summed E-state index contributed by atoms with van der Waals surface area (Å²) in [6, 6.07) is 0. The number of carbonyl (C=O) groups is 1. The molecule has 1 saturated heterocycles. The summed E-state index contributed by atoms with van der Waals surface area (Å²) in [4.78, 5) is 17.7. The number of hydrogen-bond acceptors (Lipinski definition) is 4. The molecule has 6 heteroatoms. The summed E-state index contributed by atoms with van der Waals surface area (Å²) in [6.07, 6.45) is 3.85. The van der Waals surface area contributed by atoms with Gasteiger partial charge in [0.25, 0.3) is 5.91 Å². The maximum atomic E-state index is 11.5. The molecule has 17 heavy (non-hydrogen) atoms. The van der Waals surface area contributed by atoms with Crippen molar-refractivity contribution in [1.82, 2.24) is 25.4 Å². The SMILES string of the molecule is CC1CCN(CCNC(=O)c2ncn[nH]2)CC1. The number of piperidine rings is 1. The Kier molecular flexibility index (Phi) is 4.08. The molecule has 94 valence electrons. The molecule has 1 amide bonds. The van der Waals surface area contributed by atoms with Crippen molar-refractivity contribution in [2.45, 2.75) is 19.8 Å². The number of hydrogen-bond donors (Lipinski definition) is 2. The van der Waals surface area contributed by atoms with Gasteiger partial charge >= 0.3 is 0 Å². The van der Waals surface area contributed by atoms with E-state index in [0.717, 1.165) is 25.6 Å². The van der Waals surface area contributed by atoms with Gasteiger partial charge in [-0.25, -0.2) is 4.98 Å². The summed E-state index contributed by atoms with van der Waals surface area (Å²) in [5, 5.41) is 9.02. The zero-order valence-corrected chi connectivity index (χ0v) is 10.1. The number of aromatic amines is 1. The summed E-state index contributed by atoms with van der Waals surface area (Å²) >= 11 is 0. The first-order valence-electron chi connectivity index (χ1n) is 6.11. The Morgan fingerprint density at radius 1 is 1.59 bits per heavy atom. The molecule has 1 aliphatic heterocycles. The third kappa shape index (κ3) is 3.52. The van der Waals surface area contributed by atoms with Crippen LogP contribution in [-0.2, 0) is 0 Å². The maximum absolute atomic E-state index is 11.5. The minimum atomic E-state index is -0.187. The lowest BCUT2D eigenvalue weighted by molar-refractivity contribution is 0.0934. The van der Waals surface area contributed by atoms with Crippen molar-refractivity contribution in [1.29, 1.82) is 0 Å². The third-order valence-electron chi connectivity index (χ3n) is 3.22. The van der Waals surface area contributed by atoms with E-state index in [2.05, 4.69) is 32.3 Å². The average molecular weight is 237 g/mol. The van der Waals surface area contributed by atoms with Gasteiger partial charge in [-0.1, -0.05) is 6.92 Å². The highest BCUT2D eigenvalue weighted by molar-refractivity contribution is 5.90. The van der Waals surface area contributed by atoms with Gasteiger partial charge in [0.15, 0.2) is 0 Å². The van der Waals surface area contributed by atoms with E-state index in [1.807, 2.05) is 0 Å². The van der Waals surface area contributed by atoms with Gasteiger partial charge in [-0.3, -0.25) is 9.89 Å². The first-order valence-corrected chi connectivity index (χ1v) is 6.11. The molecule has 1 aromatic heterocycles. The van der Waals surface area contributed by atoms with Crippen LogP contribution in [0.15, 0.2) is 6.33 Å². The van der Waals surface area contributed by atoms with Crippen LogP contribution >= 0.6 is 0 Å². The lowest BCUT2D eigenvalue weighted by Crippen LogP contribution is -2.39. The largest absolute Gasteiger partial charge is 0.348 e. The van der Waals surface area contributed by atoms with E-state index in [4.69, 9.17) is 0 Å². The highest BCUT2D eigenvalue weighted by Crippen LogP contribution is 2.14. The van der Waals surface area contributed by atoms with Gasteiger partial charge < -0.3 is 10.2 Å². The normalized spacial score (nSPS) is 18.2. The molecule has 2 N–H and O–H groups in total. The van der Waals surface area contributed by atoms with Crippen molar-refractivity contribution in [3.05, 3.63) is 12.2 Å². The molecule has 0 unspecified atom stereocenters. The van der Waals surface area contributed by atoms with Gasteiger partial charge in [0.05, 0.1) is 0 Å². The number of amides is 1. The third-order valence-corrected chi connectivity index (χ3v) is 3.22. The van der Waals surface area contributed by atoms with Crippen LogP contribution in [0, 0.1) is 5.92 Å². The van der Waals surface area contributed by atoms with Gasteiger partial charge in [0.2, 0.25) is 5.82 Å². The second kappa shape index (κ2) is 5.77. The maximum Gasteiger partial charge on any atom is 0.288 e. The molecule has 0 saturated carbocycles. The Balaban J connectivity index is 1.64. The van der Waals surface area contributed by atoms with Gasteiger partial charge in [-0.05, 0) is 31.8 Å². The Bertz CT molecular complexity index is 343. The summed E-state index contributed by atoms with van der Waals surface area (Å²) in [6.45, 7) is 6.14. The zero-order chi connectivity index (χ0) is 12.1. The van der Waals surface area contributed by atoms with Crippen LogP contribution in [0.1, 0.15) is 30.4 Å². The highest BCUT2D eigenvalue weighted by atomic mass is 16.2. The van der Waals surface area contributed by atoms with Crippen LogP contribution in [0.3, 0.4) is 0 Å². The van der Waals surface area contributed by atoms with E-state index < -0.39 is 0 Å². The second-order valence-electron chi connectivity index (χ2n) is 4.61. The molecule has 0 aromatic carbocycles. The lowest BCUT2D eigenvalue weighted by Gasteiger charge is -2.29. The average Bonchev–Trinajstić information content (AvgIpc) is 2.85. The van der Waals surface area contributed by atoms with Gasteiger partial charge in [0, 0.05) is 13.1 Å².